The summed E-state index contributed by atoms with van der Waals surface area (Å²) in [7, 11) is 5.34. The summed E-state index contributed by atoms with van der Waals surface area (Å²) in [5, 5.41) is 45.9. The molecule has 5 unspecified atom stereocenters. The summed E-state index contributed by atoms with van der Waals surface area (Å²) in [6, 6.07) is -0.235. The molecule has 0 aromatic carbocycles. The van der Waals surface area contributed by atoms with Gasteiger partial charge in [-0.3, -0.25) is 4.79 Å². The third-order valence-electron chi connectivity index (χ3n) is 12.0. The van der Waals surface area contributed by atoms with E-state index in [2.05, 4.69) is 0 Å². The van der Waals surface area contributed by atoms with Gasteiger partial charge in [0.05, 0.1) is 35.9 Å². The molecule has 3 fully saturated rings. The molecule has 13 nitrogen and oxygen atoms in total. The molecule has 3 saturated heterocycles. The molecule has 290 valence electrons. The van der Waals surface area contributed by atoms with E-state index in [1.807, 2.05) is 46.7 Å². The minimum Gasteiger partial charge on any atom is -0.489 e. The molecule has 0 amide bonds. The number of aliphatic hydroxyl groups excluding tert-OH is 3. The van der Waals surface area contributed by atoms with Crippen molar-refractivity contribution in [2.75, 3.05) is 21.2 Å². The van der Waals surface area contributed by atoms with E-state index >= 15 is 0 Å². The zero-order chi connectivity index (χ0) is 37.7. The Morgan fingerprint density at radius 3 is 2.18 bits per heavy atom. The topological polar surface area (TPSA) is 166 Å². The van der Waals surface area contributed by atoms with Crippen molar-refractivity contribution in [2.45, 2.75) is 179 Å². The van der Waals surface area contributed by atoms with Gasteiger partial charge in [0, 0.05) is 37.8 Å². The van der Waals surface area contributed by atoms with Gasteiger partial charge >= 0.3 is 5.97 Å². The molecular formula is C37H65NO12. The molecule has 0 saturated carbocycles. The minimum atomic E-state index is -1.82. The average molecular weight is 716 g/mol. The summed E-state index contributed by atoms with van der Waals surface area (Å²) in [6.45, 7) is 18.0. The number of hydrogen-bond acceptors (Lipinski definition) is 13. The Kier molecular flexibility index (Phi) is 12.8. The number of likely N-dealkylation sites (N-methyl/N-ethyl adjacent to an activating group) is 1. The maximum atomic E-state index is 14.1. The lowest BCUT2D eigenvalue weighted by atomic mass is 9.78. The standard InChI is InChI=1S/C37H65NO12/c1-14-25-37(10,43)30(40)20(4)28-18(2)16-36(9,50-28)32(49-34-27(39)24(38(11)12)15-19(3)45-34)21(5)29(22(6)33(42)47-25)48-26-17-35(8,44-13)31(41)23(7)46-26/h19-27,29-32,34,39-41,43H,14-17H2,1-13H3/t19?,20-,21-,22+,23?,24?,25+,26-,27?,29-,30+,31-,32+,34-,35?,36+,37+/m0/s1. The molecule has 2 bridgehead atoms. The number of fused-ring (bicyclic) bond motifs is 2. The van der Waals surface area contributed by atoms with E-state index in [0.29, 0.717) is 18.6 Å². The summed E-state index contributed by atoms with van der Waals surface area (Å²) in [6.07, 6.45) is -7.39. The van der Waals surface area contributed by atoms with E-state index in [4.69, 9.17) is 33.2 Å². The summed E-state index contributed by atoms with van der Waals surface area (Å²) in [4.78, 5) is 16.1. The monoisotopic (exact) mass is 715 g/mol. The van der Waals surface area contributed by atoms with Crippen LogP contribution in [0.1, 0.15) is 94.9 Å². The number of hydrogen-bond donors (Lipinski definition) is 4. The van der Waals surface area contributed by atoms with Gasteiger partial charge in [-0.25, -0.2) is 0 Å². The van der Waals surface area contributed by atoms with Crippen LogP contribution in [-0.4, -0.2) is 137 Å². The first-order valence-corrected chi connectivity index (χ1v) is 18.3. The fraction of sp³-hybridized carbons (Fsp3) is 0.919. The summed E-state index contributed by atoms with van der Waals surface area (Å²) in [5.74, 6) is -2.31. The van der Waals surface area contributed by atoms with Crippen LogP contribution in [0.25, 0.3) is 0 Å². The Balaban J connectivity index is 1.84. The predicted molar refractivity (Wildman–Crippen MR) is 184 cm³/mol. The molecule has 0 radical (unpaired) electrons. The Hall–Kier alpha value is -1.39. The molecule has 4 aliphatic heterocycles. The zero-order valence-corrected chi connectivity index (χ0v) is 32.4. The molecular weight excluding hydrogens is 650 g/mol. The van der Waals surface area contributed by atoms with Gasteiger partial charge in [-0.05, 0) is 81.0 Å². The molecule has 0 aromatic heterocycles. The van der Waals surface area contributed by atoms with Gasteiger partial charge in [-0.1, -0.05) is 20.8 Å². The number of aliphatic hydroxyl groups is 4. The van der Waals surface area contributed by atoms with E-state index in [1.54, 1.807) is 34.6 Å². The van der Waals surface area contributed by atoms with Crippen LogP contribution >= 0.6 is 0 Å². The van der Waals surface area contributed by atoms with Crippen LogP contribution in [0, 0.1) is 17.8 Å². The number of cyclic esters (lactones) is 1. The lowest BCUT2D eigenvalue weighted by Gasteiger charge is -2.48. The predicted octanol–water partition coefficient (Wildman–Crippen LogP) is 2.89. The van der Waals surface area contributed by atoms with Gasteiger partial charge in [0.1, 0.15) is 41.4 Å². The van der Waals surface area contributed by atoms with Crippen LogP contribution in [0.4, 0.5) is 0 Å². The van der Waals surface area contributed by atoms with Gasteiger partial charge < -0.3 is 58.5 Å². The molecule has 13 heteroatoms. The van der Waals surface area contributed by atoms with Crippen molar-refractivity contribution < 1.29 is 58.4 Å². The Bertz CT molecular complexity index is 1210. The Morgan fingerprint density at radius 2 is 1.60 bits per heavy atom. The molecule has 0 aliphatic carbocycles. The molecule has 0 aromatic rings. The van der Waals surface area contributed by atoms with Crippen molar-refractivity contribution in [1.29, 1.82) is 0 Å². The van der Waals surface area contributed by atoms with Crippen LogP contribution < -0.4 is 0 Å². The molecule has 4 N–H and O–H groups in total. The molecule has 0 spiro atoms. The Morgan fingerprint density at radius 1 is 0.960 bits per heavy atom. The van der Waals surface area contributed by atoms with Gasteiger partial charge in [0.2, 0.25) is 0 Å². The number of carbonyl (C=O) groups excluding carboxylic acids is 1. The number of ether oxygens (including phenoxy) is 7. The lowest BCUT2D eigenvalue weighted by Crippen LogP contribution is -2.60. The highest BCUT2D eigenvalue weighted by atomic mass is 16.7. The van der Waals surface area contributed by atoms with Crippen LogP contribution in [0.2, 0.25) is 0 Å². The quantitative estimate of drug-likeness (QED) is 0.285. The highest BCUT2D eigenvalue weighted by Crippen LogP contribution is 2.47. The maximum Gasteiger partial charge on any atom is 0.311 e. The largest absolute Gasteiger partial charge is 0.489 e. The first-order valence-electron chi connectivity index (χ1n) is 18.3. The fourth-order valence-electron chi connectivity index (χ4n) is 8.73. The van der Waals surface area contributed by atoms with E-state index in [9.17, 15) is 25.2 Å². The van der Waals surface area contributed by atoms with Gasteiger partial charge in [-0.15, -0.1) is 0 Å². The van der Waals surface area contributed by atoms with Crippen molar-refractivity contribution in [3.63, 3.8) is 0 Å². The van der Waals surface area contributed by atoms with E-state index in [1.165, 1.54) is 14.0 Å². The summed E-state index contributed by atoms with van der Waals surface area (Å²) >= 11 is 0. The second-order valence-electron chi connectivity index (χ2n) is 16.3. The first-order chi connectivity index (χ1) is 23.1. The van der Waals surface area contributed by atoms with Crippen molar-refractivity contribution in [3.8, 4) is 0 Å². The second-order valence-corrected chi connectivity index (χ2v) is 16.3. The molecule has 17 atom stereocenters. The second kappa shape index (κ2) is 15.5. The maximum absolute atomic E-state index is 14.1. The van der Waals surface area contributed by atoms with Crippen LogP contribution in [0.3, 0.4) is 0 Å². The third kappa shape index (κ3) is 7.93. The molecule has 4 aliphatic rings. The molecule has 4 heterocycles. The Labute approximate surface area is 298 Å². The lowest BCUT2D eigenvalue weighted by molar-refractivity contribution is -0.316. The summed E-state index contributed by atoms with van der Waals surface area (Å²) in [5.41, 5.74) is -3.00. The number of nitrogens with zero attached hydrogens (tertiary/aromatic N) is 1. The number of esters is 1. The molecule has 50 heavy (non-hydrogen) atoms. The first kappa shape index (κ1) is 41.4. The van der Waals surface area contributed by atoms with Crippen LogP contribution in [0.15, 0.2) is 11.3 Å². The highest BCUT2D eigenvalue weighted by Gasteiger charge is 2.56. The van der Waals surface area contributed by atoms with Crippen molar-refractivity contribution in [2.24, 2.45) is 17.8 Å². The average Bonchev–Trinajstić information content (AvgIpc) is 3.37. The fourth-order valence-corrected chi connectivity index (χ4v) is 8.73. The normalized spacial score (nSPS) is 49.5. The smallest absolute Gasteiger partial charge is 0.311 e. The van der Waals surface area contributed by atoms with Crippen molar-refractivity contribution in [3.05, 3.63) is 11.3 Å². The zero-order valence-electron chi connectivity index (χ0n) is 32.4. The van der Waals surface area contributed by atoms with Crippen LogP contribution in [0.5, 0.6) is 0 Å². The number of methoxy groups -OCH3 is 1. The van der Waals surface area contributed by atoms with Crippen LogP contribution in [-0.2, 0) is 38.0 Å². The van der Waals surface area contributed by atoms with Gasteiger partial charge in [-0.2, -0.15) is 0 Å². The van der Waals surface area contributed by atoms with E-state index in [0.717, 1.165) is 5.57 Å². The van der Waals surface area contributed by atoms with Crippen molar-refractivity contribution >= 4 is 5.97 Å². The highest BCUT2D eigenvalue weighted by molar-refractivity contribution is 5.73. The van der Waals surface area contributed by atoms with E-state index < -0.39 is 95.8 Å². The third-order valence-corrected chi connectivity index (χ3v) is 12.0. The van der Waals surface area contributed by atoms with E-state index in [-0.39, 0.29) is 25.0 Å². The summed E-state index contributed by atoms with van der Waals surface area (Å²) < 4.78 is 44.6. The SMILES string of the molecule is CC[C@H]1OC(=O)[C@H](C)[C@@H](O[C@H]2CC(C)(OC)[C@@H](O)C(C)O2)[C@H](C)[C@@H](O[C@@H]2OC(C)CC(N(C)C)C2O)[C@@]2(C)CC(C)=C(O2)[C@H](C)[C@@H](O)[C@]1(C)O. The van der Waals surface area contributed by atoms with Gasteiger partial charge in [0.25, 0.3) is 0 Å². The number of carbonyl (C=O) groups is 1. The molecule has 4 rings (SSSR count). The number of rotatable bonds is 7. The van der Waals surface area contributed by atoms with Gasteiger partial charge in [0.15, 0.2) is 12.6 Å². The van der Waals surface area contributed by atoms with Crippen molar-refractivity contribution in [1.82, 2.24) is 4.90 Å². The minimum absolute atomic E-state index is 0.173.